The number of rotatable bonds is 4. The number of hydrogen-bond donors (Lipinski definition) is 2. The maximum Gasteiger partial charge on any atom is 0.407 e. The van der Waals surface area contributed by atoms with Gasteiger partial charge in [0.25, 0.3) is 0 Å². The molecule has 2 rings (SSSR count). The summed E-state index contributed by atoms with van der Waals surface area (Å²) < 4.78 is 10.3. The predicted molar refractivity (Wildman–Crippen MR) is 86.0 cm³/mol. The average Bonchev–Trinajstić information content (AvgIpc) is 2.91. The molecule has 128 valence electrons. The molecule has 1 saturated carbocycles. The number of carbonyl (C=O) groups is 2. The summed E-state index contributed by atoms with van der Waals surface area (Å²) in [4.78, 5) is 24.1. The lowest BCUT2D eigenvalue weighted by atomic mass is 9.90. The Bertz CT molecular complexity index is 519. The first-order valence-corrected chi connectivity index (χ1v) is 8.13. The van der Waals surface area contributed by atoms with E-state index >= 15 is 0 Å². The number of alkyl carbamates (subject to hydrolysis) is 1. The van der Waals surface area contributed by atoms with E-state index in [1.165, 1.54) is 0 Å². The van der Waals surface area contributed by atoms with E-state index in [-0.39, 0.29) is 24.4 Å². The second kappa shape index (κ2) is 7.53. The molecule has 6 nitrogen and oxygen atoms in total. The van der Waals surface area contributed by atoms with Crippen LogP contribution < -0.4 is 10.6 Å². The minimum Gasteiger partial charge on any atom is -0.472 e. The zero-order valence-corrected chi connectivity index (χ0v) is 14.1. The molecule has 1 fully saturated rings. The lowest BCUT2D eigenvalue weighted by molar-refractivity contribution is -0.121. The number of furan rings is 1. The summed E-state index contributed by atoms with van der Waals surface area (Å²) in [6.07, 6.45) is 6.75. The van der Waals surface area contributed by atoms with Gasteiger partial charge in [0.1, 0.15) is 5.60 Å². The SMILES string of the molecule is CC(C)(C)OC(=O)N[C@H]1CCCC[C@@H]1NC(=O)Cc1ccoc1. The van der Waals surface area contributed by atoms with Crippen LogP contribution in [0.2, 0.25) is 0 Å². The first-order valence-electron chi connectivity index (χ1n) is 8.13. The van der Waals surface area contributed by atoms with Gasteiger partial charge in [-0.15, -0.1) is 0 Å². The summed E-state index contributed by atoms with van der Waals surface area (Å²) in [5.41, 5.74) is 0.314. The highest BCUT2D eigenvalue weighted by Gasteiger charge is 2.29. The zero-order chi connectivity index (χ0) is 16.9. The van der Waals surface area contributed by atoms with E-state index < -0.39 is 11.7 Å². The molecule has 1 aromatic rings. The molecule has 2 amide bonds. The van der Waals surface area contributed by atoms with Crippen molar-refractivity contribution < 1.29 is 18.7 Å². The Labute approximate surface area is 137 Å². The Kier molecular flexibility index (Phi) is 5.69. The molecule has 1 aliphatic rings. The molecular formula is C17H26N2O4. The smallest absolute Gasteiger partial charge is 0.407 e. The highest BCUT2D eigenvalue weighted by molar-refractivity contribution is 5.79. The molecule has 1 aliphatic carbocycles. The molecule has 1 heterocycles. The summed E-state index contributed by atoms with van der Waals surface area (Å²) in [5, 5.41) is 5.92. The molecule has 1 aromatic heterocycles. The minimum atomic E-state index is -0.529. The largest absolute Gasteiger partial charge is 0.472 e. The van der Waals surface area contributed by atoms with Gasteiger partial charge in [0, 0.05) is 6.04 Å². The fourth-order valence-electron chi connectivity index (χ4n) is 2.77. The third-order valence-electron chi connectivity index (χ3n) is 3.76. The zero-order valence-electron chi connectivity index (χ0n) is 14.1. The number of hydrogen-bond acceptors (Lipinski definition) is 4. The molecular weight excluding hydrogens is 296 g/mol. The van der Waals surface area contributed by atoms with Crippen LogP contribution >= 0.6 is 0 Å². The minimum absolute atomic E-state index is 0.0596. The van der Waals surface area contributed by atoms with Crippen LogP contribution in [0.1, 0.15) is 52.0 Å². The molecule has 0 saturated heterocycles. The highest BCUT2D eigenvalue weighted by atomic mass is 16.6. The van der Waals surface area contributed by atoms with Crippen LogP contribution in [-0.4, -0.2) is 29.7 Å². The van der Waals surface area contributed by atoms with Gasteiger partial charge in [-0.05, 0) is 45.2 Å². The van der Waals surface area contributed by atoms with Crippen LogP contribution in [0.15, 0.2) is 23.0 Å². The predicted octanol–water partition coefficient (Wildman–Crippen LogP) is 2.77. The number of nitrogens with one attached hydrogen (secondary N) is 2. The Morgan fingerprint density at radius 1 is 1.22 bits per heavy atom. The molecule has 0 aliphatic heterocycles. The third-order valence-corrected chi connectivity index (χ3v) is 3.76. The van der Waals surface area contributed by atoms with Gasteiger partial charge in [0.2, 0.25) is 5.91 Å². The van der Waals surface area contributed by atoms with Crippen LogP contribution in [0.4, 0.5) is 4.79 Å². The van der Waals surface area contributed by atoms with E-state index in [4.69, 9.17) is 9.15 Å². The molecule has 6 heteroatoms. The van der Waals surface area contributed by atoms with Crippen molar-refractivity contribution in [1.29, 1.82) is 0 Å². The Morgan fingerprint density at radius 2 is 1.87 bits per heavy atom. The number of ether oxygens (including phenoxy) is 1. The van der Waals surface area contributed by atoms with Gasteiger partial charge in [0.05, 0.1) is 25.0 Å². The Hall–Kier alpha value is -1.98. The highest BCUT2D eigenvalue weighted by Crippen LogP contribution is 2.19. The van der Waals surface area contributed by atoms with Crippen molar-refractivity contribution in [1.82, 2.24) is 10.6 Å². The van der Waals surface area contributed by atoms with Crippen LogP contribution in [0, 0.1) is 0 Å². The molecule has 2 N–H and O–H groups in total. The normalized spacial score (nSPS) is 21.5. The topological polar surface area (TPSA) is 80.6 Å². The summed E-state index contributed by atoms with van der Waals surface area (Å²) in [7, 11) is 0. The lowest BCUT2D eigenvalue weighted by Crippen LogP contribution is -2.54. The fourth-order valence-corrected chi connectivity index (χ4v) is 2.77. The van der Waals surface area contributed by atoms with Crippen molar-refractivity contribution in [2.24, 2.45) is 0 Å². The van der Waals surface area contributed by atoms with E-state index in [0.29, 0.717) is 0 Å². The summed E-state index contributed by atoms with van der Waals surface area (Å²) in [5.74, 6) is -0.0608. The molecule has 0 radical (unpaired) electrons. The van der Waals surface area contributed by atoms with Crippen LogP contribution in [0.25, 0.3) is 0 Å². The number of amides is 2. The maximum absolute atomic E-state index is 12.1. The van der Waals surface area contributed by atoms with Gasteiger partial charge in [0.15, 0.2) is 0 Å². The second-order valence-corrected chi connectivity index (χ2v) is 7.02. The van der Waals surface area contributed by atoms with Gasteiger partial charge >= 0.3 is 6.09 Å². The Morgan fingerprint density at radius 3 is 2.43 bits per heavy atom. The summed E-state index contributed by atoms with van der Waals surface area (Å²) in [6, 6.07) is 1.62. The maximum atomic E-state index is 12.1. The van der Waals surface area contributed by atoms with Crippen molar-refractivity contribution in [3.63, 3.8) is 0 Å². The van der Waals surface area contributed by atoms with Gasteiger partial charge in [-0.2, -0.15) is 0 Å². The van der Waals surface area contributed by atoms with Crippen molar-refractivity contribution in [2.45, 2.75) is 70.6 Å². The summed E-state index contributed by atoms with van der Waals surface area (Å²) >= 11 is 0. The van der Waals surface area contributed by atoms with E-state index in [1.54, 1.807) is 18.6 Å². The van der Waals surface area contributed by atoms with E-state index in [1.807, 2.05) is 20.8 Å². The first kappa shape index (κ1) is 17.4. The van der Waals surface area contributed by atoms with Crippen LogP contribution in [0.3, 0.4) is 0 Å². The lowest BCUT2D eigenvalue weighted by Gasteiger charge is -2.33. The van der Waals surface area contributed by atoms with Gasteiger partial charge in [-0.3, -0.25) is 4.79 Å². The third kappa shape index (κ3) is 5.96. The monoisotopic (exact) mass is 322 g/mol. The second-order valence-electron chi connectivity index (χ2n) is 7.02. The fraction of sp³-hybridized carbons (Fsp3) is 0.647. The van der Waals surface area contributed by atoms with Crippen molar-refractivity contribution in [2.75, 3.05) is 0 Å². The standard InChI is InChI=1S/C17H26N2O4/c1-17(2,3)23-16(21)19-14-7-5-4-6-13(14)18-15(20)10-12-8-9-22-11-12/h8-9,11,13-14H,4-7,10H2,1-3H3,(H,18,20)(H,19,21)/t13-,14-/m0/s1. The molecule has 0 bridgehead atoms. The van der Waals surface area contributed by atoms with E-state index in [2.05, 4.69) is 10.6 Å². The molecule has 0 spiro atoms. The number of carbonyl (C=O) groups excluding carboxylic acids is 2. The van der Waals surface area contributed by atoms with Crippen molar-refractivity contribution >= 4 is 12.0 Å². The van der Waals surface area contributed by atoms with Crippen LogP contribution in [-0.2, 0) is 16.0 Å². The molecule has 0 unspecified atom stereocenters. The Balaban J connectivity index is 1.87. The van der Waals surface area contributed by atoms with Crippen molar-refractivity contribution in [3.8, 4) is 0 Å². The summed E-state index contributed by atoms with van der Waals surface area (Å²) in [6.45, 7) is 5.49. The molecule has 0 aromatic carbocycles. The van der Waals surface area contributed by atoms with Crippen molar-refractivity contribution in [3.05, 3.63) is 24.2 Å². The van der Waals surface area contributed by atoms with E-state index in [0.717, 1.165) is 31.2 Å². The van der Waals surface area contributed by atoms with E-state index in [9.17, 15) is 9.59 Å². The average molecular weight is 322 g/mol. The molecule has 2 atom stereocenters. The quantitative estimate of drug-likeness (QED) is 0.893. The van der Waals surface area contributed by atoms with Gasteiger partial charge < -0.3 is 19.8 Å². The first-order chi connectivity index (χ1) is 10.8. The van der Waals surface area contributed by atoms with Crippen LogP contribution in [0.5, 0.6) is 0 Å². The van der Waals surface area contributed by atoms with Gasteiger partial charge in [-0.1, -0.05) is 12.8 Å². The molecule has 23 heavy (non-hydrogen) atoms. The van der Waals surface area contributed by atoms with Gasteiger partial charge in [-0.25, -0.2) is 4.79 Å².